The summed E-state index contributed by atoms with van der Waals surface area (Å²) in [5, 5.41) is 0. The first kappa shape index (κ1) is 20.0. The van der Waals surface area contributed by atoms with Gasteiger partial charge >= 0.3 is 0 Å². The smallest absolute Gasteiger partial charge is 0.276 e. The summed E-state index contributed by atoms with van der Waals surface area (Å²) in [6.07, 6.45) is 5.50. The molecule has 4 nitrogen and oxygen atoms in total. The molecule has 0 bridgehead atoms. The van der Waals surface area contributed by atoms with Crippen LogP contribution in [-0.2, 0) is 11.2 Å². The van der Waals surface area contributed by atoms with Crippen LogP contribution in [0.4, 0.5) is 5.69 Å². The van der Waals surface area contributed by atoms with E-state index in [4.69, 9.17) is 0 Å². The molecule has 0 saturated heterocycles. The number of ketones is 1. The number of hydrogen-bond acceptors (Lipinski definition) is 4. The summed E-state index contributed by atoms with van der Waals surface area (Å²) in [4.78, 5) is 32.9. The summed E-state index contributed by atoms with van der Waals surface area (Å²) in [6, 6.07) is 9.78. The highest BCUT2D eigenvalue weighted by Gasteiger charge is 2.27. The molecule has 5 heteroatoms. The molecule has 1 amide bonds. The highest BCUT2D eigenvalue weighted by Crippen LogP contribution is 2.41. The van der Waals surface area contributed by atoms with Crippen molar-refractivity contribution in [1.82, 2.24) is 0 Å². The van der Waals surface area contributed by atoms with E-state index in [9.17, 15) is 9.59 Å². The molecule has 0 unspecified atom stereocenters. The zero-order valence-corrected chi connectivity index (χ0v) is 17.3. The van der Waals surface area contributed by atoms with Gasteiger partial charge in [-0.15, -0.1) is 11.3 Å². The Morgan fingerprint density at radius 1 is 1.29 bits per heavy atom. The lowest BCUT2D eigenvalue weighted by Crippen LogP contribution is -2.33. The van der Waals surface area contributed by atoms with Gasteiger partial charge in [-0.05, 0) is 50.5 Å². The number of Topliss-reactive ketones (excluding diaryl/α,β-unsaturated/α-hetero) is 1. The van der Waals surface area contributed by atoms with Crippen LogP contribution in [-0.4, -0.2) is 23.9 Å². The van der Waals surface area contributed by atoms with Gasteiger partial charge in [0.1, 0.15) is 5.70 Å². The second kappa shape index (κ2) is 8.48. The highest BCUT2D eigenvalue weighted by molar-refractivity contribution is 7.17. The summed E-state index contributed by atoms with van der Waals surface area (Å²) in [7, 11) is 0. The van der Waals surface area contributed by atoms with E-state index in [1.54, 1.807) is 11.8 Å². The van der Waals surface area contributed by atoms with E-state index >= 15 is 0 Å². The minimum atomic E-state index is -0.196. The summed E-state index contributed by atoms with van der Waals surface area (Å²) in [6.45, 7) is 9.92. The molecular formula is C23H24N2O2S. The number of benzene rings is 1. The maximum atomic E-state index is 13.1. The Hall–Kier alpha value is -2.79. The molecule has 1 aromatic heterocycles. The van der Waals surface area contributed by atoms with Crippen LogP contribution < -0.4 is 4.90 Å². The molecule has 0 saturated carbocycles. The van der Waals surface area contributed by atoms with Crippen molar-refractivity contribution in [3.05, 3.63) is 65.2 Å². The molecule has 0 fully saturated rings. The van der Waals surface area contributed by atoms with E-state index in [-0.39, 0.29) is 17.4 Å². The Morgan fingerprint density at radius 2 is 2.04 bits per heavy atom. The normalized spacial score (nSPS) is 13.8. The summed E-state index contributed by atoms with van der Waals surface area (Å²) in [5.41, 5.74) is 3.90. The fourth-order valence-electron chi connectivity index (χ4n) is 3.22. The molecule has 0 atom stereocenters. The first-order valence-corrected chi connectivity index (χ1v) is 10.2. The lowest BCUT2D eigenvalue weighted by molar-refractivity contribution is -0.115. The Balaban J connectivity index is 1.97. The third kappa shape index (κ3) is 4.04. The minimum absolute atomic E-state index is 0.0711. The molecular weight excluding hydrogens is 368 g/mol. The number of carbonyl (C=O) groups is 2. The van der Waals surface area contributed by atoms with E-state index in [0.717, 1.165) is 38.7 Å². The Bertz CT molecular complexity index is 998. The van der Waals surface area contributed by atoms with Gasteiger partial charge in [-0.2, -0.15) is 0 Å². The van der Waals surface area contributed by atoms with Crippen molar-refractivity contribution in [3.63, 3.8) is 0 Å². The zero-order valence-electron chi connectivity index (χ0n) is 16.5. The van der Waals surface area contributed by atoms with Crippen LogP contribution >= 0.6 is 11.3 Å². The molecule has 0 N–H and O–H groups in total. The number of hydrogen-bond donors (Lipinski definition) is 0. The second-order valence-corrected chi connectivity index (χ2v) is 7.81. The van der Waals surface area contributed by atoms with Crippen LogP contribution in [0, 0.1) is 0 Å². The Morgan fingerprint density at radius 3 is 2.75 bits per heavy atom. The standard InChI is InChI=1S/C23H24N2O2S/c1-5-6-9-15(2)24-16(3)23(27)25-13-12-18-14-21(17(4)26)28-22(18)19-10-7-8-11-20(19)25/h6-11,14H,3,5,12-13H2,1-2,4H3/b9-6-,24-15-. The van der Waals surface area contributed by atoms with E-state index in [0.29, 0.717) is 13.0 Å². The monoisotopic (exact) mass is 392 g/mol. The van der Waals surface area contributed by atoms with Gasteiger partial charge in [0.15, 0.2) is 5.78 Å². The SMILES string of the molecule is C=C(/N=C(C)\C=C/CC)C(=O)N1CCc2cc(C(C)=O)sc2-c2ccccc21. The van der Waals surface area contributed by atoms with Gasteiger partial charge in [0.2, 0.25) is 0 Å². The molecule has 1 aliphatic rings. The Labute approximate surface area is 169 Å². The van der Waals surface area contributed by atoms with Gasteiger partial charge in [0, 0.05) is 22.7 Å². The maximum Gasteiger partial charge on any atom is 0.276 e. The van der Waals surface area contributed by atoms with Crippen LogP contribution in [0.1, 0.15) is 42.4 Å². The maximum absolute atomic E-state index is 13.1. The van der Waals surface area contributed by atoms with Gasteiger partial charge < -0.3 is 4.90 Å². The molecule has 0 radical (unpaired) electrons. The topological polar surface area (TPSA) is 49.7 Å². The van der Waals surface area contributed by atoms with Crippen LogP contribution in [0.5, 0.6) is 0 Å². The van der Waals surface area contributed by atoms with Crippen molar-refractivity contribution < 1.29 is 9.59 Å². The third-order valence-electron chi connectivity index (χ3n) is 4.60. The number of rotatable bonds is 5. The van der Waals surface area contributed by atoms with Gasteiger partial charge in [-0.1, -0.05) is 37.8 Å². The largest absolute Gasteiger partial charge is 0.306 e. The van der Waals surface area contributed by atoms with E-state index in [1.165, 1.54) is 11.3 Å². The van der Waals surface area contributed by atoms with Crippen molar-refractivity contribution in [2.75, 3.05) is 11.4 Å². The number of carbonyl (C=O) groups excluding carboxylic acids is 2. The average molecular weight is 393 g/mol. The van der Waals surface area contributed by atoms with Crippen LogP contribution in [0.15, 0.2) is 59.8 Å². The first-order valence-electron chi connectivity index (χ1n) is 9.38. The average Bonchev–Trinajstić information content (AvgIpc) is 3.05. The number of nitrogens with zero attached hydrogens (tertiary/aromatic N) is 2. The fraction of sp³-hybridized carbons (Fsp3) is 0.261. The molecule has 3 rings (SSSR count). The van der Waals surface area contributed by atoms with Gasteiger partial charge in [-0.25, -0.2) is 4.99 Å². The quantitative estimate of drug-likeness (QED) is 0.386. The highest BCUT2D eigenvalue weighted by atomic mass is 32.1. The van der Waals surface area contributed by atoms with Gasteiger partial charge in [-0.3, -0.25) is 9.59 Å². The Kier molecular flexibility index (Phi) is 6.05. The molecule has 0 spiro atoms. The summed E-state index contributed by atoms with van der Waals surface area (Å²) >= 11 is 1.49. The predicted octanol–water partition coefficient (Wildman–Crippen LogP) is 5.45. The number of thiophene rings is 1. The van der Waals surface area contributed by atoms with E-state index in [1.807, 2.05) is 56.3 Å². The van der Waals surface area contributed by atoms with E-state index < -0.39 is 0 Å². The zero-order chi connectivity index (χ0) is 20.3. The molecule has 2 aromatic rings. The van der Waals surface area contributed by atoms with Crippen LogP contribution in [0.2, 0.25) is 0 Å². The number of amides is 1. The van der Waals surface area contributed by atoms with E-state index in [2.05, 4.69) is 11.6 Å². The number of anilines is 1. The predicted molar refractivity (Wildman–Crippen MR) is 117 cm³/mol. The lowest BCUT2D eigenvalue weighted by Gasteiger charge is -2.23. The summed E-state index contributed by atoms with van der Waals surface area (Å²) in [5.74, 6) is -0.125. The number of allylic oxidation sites excluding steroid dienone is 2. The van der Waals surface area contributed by atoms with Crippen molar-refractivity contribution in [2.24, 2.45) is 4.99 Å². The molecule has 1 aliphatic heterocycles. The number of para-hydroxylation sites is 1. The third-order valence-corrected chi connectivity index (χ3v) is 5.91. The minimum Gasteiger partial charge on any atom is -0.306 e. The number of fused-ring (bicyclic) bond motifs is 3. The summed E-state index contributed by atoms with van der Waals surface area (Å²) < 4.78 is 0. The first-order chi connectivity index (χ1) is 13.4. The van der Waals surface area contributed by atoms with Crippen LogP contribution in [0.25, 0.3) is 10.4 Å². The van der Waals surface area contributed by atoms with Crippen molar-refractivity contribution in [2.45, 2.75) is 33.6 Å². The van der Waals surface area contributed by atoms with Gasteiger partial charge in [0.05, 0.1) is 10.6 Å². The van der Waals surface area contributed by atoms with Crippen LogP contribution in [0.3, 0.4) is 0 Å². The number of aliphatic imine (C=N–C) groups is 1. The molecule has 2 heterocycles. The molecule has 1 aromatic carbocycles. The van der Waals surface area contributed by atoms with Crippen molar-refractivity contribution >= 4 is 34.4 Å². The molecule has 28 heavy (non-hydrogen) atoms. The molecule has 0 aliphatic carbocycles. The molecule has 144 valence electrons. The van der Waals surface area contributed by atoms with Gasteiger partial charge in [0.25, 0.3) is 5.91 Å². The fourth-order valence-corrected chi connectivity index (χ4v) is 4.36. The van der Waals surface area contributed by atoms with Crippen molar-refractivity contribution in [3.8, 4) is 10.4 Å². The second-order valence-electron chi connectivity index (χ2n) is 6.76. The van der Waals surface area contributed by atoms with Crippen molar-refractivity contribution in [1.29, 1.82) is 0 Å². The lowest BCUT2D eigenvalue weighted by atomic mass is 10.1.